The van der Waals surface area contributed by atoms with Crippen LogP contribution in [0.3, 0.4) is 0 Å². The molecule has 1 aliphatic rings. The van der Waals surface area contributed by atoms with Gasteiger partial charge in [-0.05, 0) is 35.9 Å². The number of fused-ring (bicyclic) bond motifs is 1. The molecule has 154 valence electrons. The molecule has 2 heterocycles. The number of hydrogen-bond acceptors (Lipinski definition) is 2. The first-order valence-corrected chi connectivity index (χ1v) is 10.8. The van der Waals surface area contributed by atoms with E-state index < -0.39 is 0 Å². The largest absolute Gasteiger partial charge is 0.310 e. The van der Waals surface area contributed by atoms with Gasteiger partial charge in [0.2, 0.25) is 5.91 Å². The molecule has 4 aromatic rings. The Kier molecular flexibility index (Phi) is 5.22. The summed E-state index contributed by atoms with van der Waals surface area (Å²) >= 11 is 19.0. The van der Waals surface area contributed by atoms with E-state index in [1.165, 1.54) is 0 Å². The van der Waals surface area contributed by atoms with Crippen LogP contribution < -0.4 is 5.32 Å². The van der Waals surface area contributed by atoms with Crippen LogP contribution in [0.2, 0.25) is 15.1 Å². The lowest BCUT2D eigenvalue weighted by Gasteiger charge is -2.25. The molecule has 0 saturated carbocycles. The summed E-state index contributed by atoms with van der Waals surface area (Å²) in [6.07, 6.45) is 0.244. The number of halogens is 3. The molecule has 1 N–H and O–H groups in total. The highest BCUT2D eigenvalue weighted by atomic mass is 35.5. The van der Waals surface area contributed by atoms with Gasteiger partial charge in [0.1, 0.15) is 5.82 Å². The number of nitrogens with one attached hydrogen (secondary N) is 1. The fraction of sp³-hybridized carbons (Fsp3) is 0.0833. The Morgan fingerprint density at radius 2 is 1.65 bits per heavy atom. The Morgan fingerprint density at radius 3 is 2.39 bits per heavy atom. The average molecular weight is 469 g/mol. The molecule has 0 saturated heterocycles. The van der Waals surface area contributed by atoms with Crippen LogP contribution in [0.4, 0.5) is 5.82 Å². The minimum Gasteiger partial charge on any atom is -0.310 e. The summed E-state index contributed by atoms with van der Waals surface area (Å²) in [6, 6.07) is 22.7. The third kappa shape index (κ3) is 3.61. The second-order valence-electron chi connectivity index (χ2n) is 7.31. The normalized spacial score (nSPS) is 15.5. The maximum atomic E-state index is 12.7. The van der Waals surface area contributed by atoms with Gasteiger partial charge in [0.15, 0.2) is 0 Å². The second kappa shape index (κ2) is 8.04. The molecule has 1 unspecified atom stereocenters. The zero-order chi connectivity index (χ0) is 21.5. The monoisotopic (exact) mass is 467 g/mol. The minimum atomic E-state index is -0.293. The number of anilines is 1. The van der Waals surface area contributed by atoms with Crippen molar-refractivity contribution in [2.24, 2.45) is 0 Å². The summed E-state index contributed by atoms with van der Waals surface area (Å²) in [5.74, 6) is 0.236. The van der Waals surface area contributed by atoms with E-state index in [1.807, 2.05) is 66.7 Å². The van der Waals surface area contributed by atoms with Crippen LogP contribution in [0.5, 0.6) is 0 Å². The van der Waals surface area contributed by atoms with E-state index in [-0.39, 0.29) is 18.2 Å². The molecule has 31 heavy (non-hydrogen) atoms. The first-order valence-electron chi connectivity index (χ1n) is 9.71. The minimum absolute atomic E-state index is 0.103. The molecule has 0 radical (unpaired) electrons. The Morgan fingerprint density at radius 1 is 0.903 bits per heavy atom. The summed E-state index contributed by atoms with van der Waals surface area (Å²) in [5.41, 5.74) is 4.20. The Hall–Kier alpha value is -2.79. The van der Waals surface area contributed by atoms with E-state index in [4.69, 9.17) is 39.9 Å². The maximum Gasteiger partial charge on any atom is 0.226 e. The SMILES string of the molecule is O=C1CC(c2cccc(Cl)c2Cl)c2c(-c3ccc(Cl)cc3)nn(-c3ccccc3)c2N1. The van der Waals surface area contributed by atoms with Gasteiger partial charge in [-0.3, -0.25) is 4.79 Å². The van der Waals surface area contributed by atoms with Gasteiger partial charge in [-0.1, -0.05) is 77.3 Å². The fourth-order valence-corrected chi connectivity index (χ4v) is 4.55. The highest BCUT2D eigenvalue weighted by Gasteiger charge is 2.35. The van der Waals surface area contributed by atoms with Crippen LogP contribution in [-0.4, -0.2) is 15.7 Å². The van der Waals surface area contributed by atoms with Crippen molar-refractivity contribution in [3.8, 4) is 16.9 Å². The van der Waals surface area contributed by atoms with Crippen molar-refractivity contribution in [1.29, 1.82) is 0 Å². The molecule has 3 aromatic carbocycles. The number of para-hydroxylation sites is 1. The van der Waals surface area contributed by atoms with Crippen molar-refractivity contribution in [2.75, 3.05) is 5.32 Å². The molecule has 0 fully saturated rings. The van der Waals surface area contributed by atoms with Gasteiger partial charge in [-0.25, -0.2) is 4.68 Å². The Labute approximate surface area is 194 Å². The van der Waals surface area contributed by atoms with Crippen molar-refractivity contribution in [2.45, 2.75) is 12.3 Å². The molecule has 0 bridgehead atoms. The summed E-state index contributed by atoms with van der Waals surface area (Å²) in [5, 5.41) is 9.47. The van der Waals surface area contributed by atoms with Gasteiger partial charge in [-0.15, -0.1) is 0 Å². The van der Waals surface area contributed by atoms with Crippen molar-refractivity contribution >= 4 is 46.5 Å². The van der Waals surface area contributed by atoms with Crippen LogP contribution in [0.25, 0.3) is 16.9 Å². The number of hydrogen-bond donors (Lipinski definition) is 1. The van der Waals surface area contributed by atoms with Gasteiger partial charge in [0, 0.05) is 28.5 Å². The number of carbonyl (C=O) groups is 1. The van der Waals surface area contributed by atoms with Gasteiger partial charge in [-0.2, -0.15) is 5.10 Å². The lowest BCUT2D eigenvalue weighted by molar-refractivity contribution is -0.116. The van der Waals surface area contributed by atoms with Crippen LogP contribution in [0.15, 0.2) is 72.8 Å². The predicted octanol–water partition coefficient (Wildman–Crippen LogP) is 6.97. The molecular weight excluding hydrogens is 453 g/mol. The van der Waals surface area contributed by atoms with E-state index in [9.17, 15) is 4.79 Å². The molecule has 1 amide bonds. The molecule has 4 nitrogen and oxygen atoms in total. The lowest BCUT2D eigenvalue weighted by atomic mass is 9.84. The summed E-state index contributed by atoms with van der Waals surface area (Å²) in [6.45, 7) is 0. The van der Waals surface area contributed by atoms with Crippen molar-refractivity contribution in [1.82, 2.24) is 9.78 Å². The van der Waals surface area contributed by atoms with E-state index in [1.54, 1.807) is 10.7 Å². The number of aromatic nitrogens is 2. The van der Waals surface area contributed by atoms with Gasteiger partial charge in [0.25, 0.3) is 0 Å². The van der Waals surface area contributed by atoms with Gasteiger partial charge in [0.05, 0.1) is 21.4 Å². The van der Waals surface area contributed by atoms with Crippen LogP contribution in [0, 0.1) is 0 Å². The molecule has 7 heteroatoms. The first-order chi connectivity index (χ1) is 15.0. The third-order valence-corrected chi connectivity index (χ3v) is 6.48. The Balaban J connectivity index is 1.79. The van der Waals surface area contributed by atoms with Gasteiger partial charge < -0.3 is 5.32 Å². The lowest BCUT2D eigenvalue weighted by Crippen LogP contribution is -2.25. The van der Waals surface area contributed by atoms with E-state index in [0.29, 0.717) is 20.9 Å². The van der Waals surface area contributed by atoms with E-state index in [0.717, 1.165) is 28.1 Å². The molecule has 0 spiro atoms. The Bertz CT molecular complexity index is 1280. The quantitative estimate of drug-likeness (QED) is 0.353. The van der Waals surface area contributed by atoms with Gasteiger partial charge >= 0.3 is 0 Å². The number of carbonyl (C=O) groups excluding carboxylic acids is 1. The highest BCUT2D eigenvalue weighted by Crippen LogP contribution is 2.46. The zero-order valence-corrected chi connectivity index (χ0v) is 18.4. The number of amides is 1. The summed E-state index contributed by atoms with van der Waals surface area (Å²) < 4.78 is 1.77. The van der Waals surface area contributed by atoms with E-state index in [2.05, 4.69) is 5.32 Å². The zero-order valence-electron chi connectivity index (χ0n) is 16.1. The molecule has 1 aromatic heterocycles. The number of nitrogens with zero attached hydrogens (tertiary/aromatic N) is 2. The molecule has 1 atom stereocenters. The third-order valence-electron chi connectivity index (χ3n) is 5.39. The van der Waals surface area contributed by atoms with Crippen molar-refractivity contribution in [3.63, 3.8) is 0 Å². The first kappa shape index (κ1) is 20.1. The second-order valence-corrected chi connectivity index (χ2v) is 8.53. The average Bonchev–Trinajstić information content (AvgIpc) is 3.15. The molecular formula is C24H16Cl3N3O. The standard InChI is InChI=1S/C24H16Cl3N3O/c25-15-11-9-14(10-12-15)23-21-18(17-7-4-8-19(26)22(17)27)13-20(31)28-24(21)30(29-23)16-5-2-1-3-6-16/h1-12,18H,13H2,(H,28,31). The fourth-order valence-electron chi connectivity index (χ4n) is 3.98. The molecule has 1 aliphatic heterocycles. The van der Waals surface area contributed by atoms with E-state index >= 15 is 0 Å². The predicted molar refractivity (Wildman–Crippen MR) is 126 cm³/mol. The van der Waals surface area contributed by atoms with Crippen molar-refractivity contribution in [3.05, 3.63) is 99.0 Å². The maximum absolute atomic E-state index is 12.7. The number of rotatable bonds is 3. The summed E-state index contributed by atoms with van der Waals surface area (Å²) in [7, 11) is 0. The van der Waals surface area contributed by atoms with Crippen LogP contribution >= 0.6 is 34.8 Å². The van der Waals surface area contributed by atoms with Crippen LogP contribution in [-0.2, 0) is 4.79 Å². The van der Waals surface area contributed by atoms with Crippen molar-refractivity contribution < 1.29 is 4.79 Å². The van der Waals surface area contributed by atoms with Crippen LogP contribution in [0.1, 0.15) is 23.5 Å². The number of benzene rings is 3. The highest BCUT2D eigenvalue weighted by molar-refractivity contribution is 6.42. The topological polar surface area (TPSA) is 46.9 Å². The molecule has 0 aliphatic carbocycles. The summed E-state index contributed by atoms with van der Waals surface area (Å²) in [4.78, 5) is 12.7. The molecule has 5 rings (SSSR count). The smallest absolute Gasteiger partial charge is 0.226 e.